The van der Waals surface area contributed by atoms with E-state index in [9.17, 15) is 14.7 Å². The molecule has 0 unspecified atom stereocenters. The highest BCUT2D eigenvalue weighted by Gasteiger charge is 2.60. The molecule has 0 bridgehead atoms. The quantitative estimate of drug-likeness (QED) is 0.308. The Hall–Kier alpha value is -1.20. The highest BCUT2D eigenvalue weighted by atomic mass is 16.3. The molecule has 2 saturated carbocycles. The molecule has 5 nitrogen and oxygen atoms in total. The van der Waals surface area contributed by atoms with Gasteiger partial charge in [-0.25, -0.2) is 10.9 Å². The fraction of sp³-hybridized carbons (Fsp3) is 0.789. The summed E-state index contributed by atoms with van der Waals surface area (Å²) < 4.78 is 0. The van der Waals surface area contributed by atoms with E-state index in [0.29, 0.717) is 18.3 Å². The summed E-state index contributed by atoms with van der Waals surface area (Å²) in [6, 6.07) is 0. The Morgan fingerprint density at radius 1 is 1.12 bits per heavy atom. The molecule has 3 fully saturated rings. The molecule has 3 N–H and O–H groups in total. The molecule has 0 radical (unpaired) electrons. The highest BCUT2D eigenvalue weighted by Crippen LogP contribution is 2.62. The maximum atomic E-state index is 12.7. The van der Waals surface area contributed by atoms with Gasteiger partial charge in [0.25, 0.3) is 0 Å². The lowest BCUT2D eigenvalue weighted by Crippen LogP contribution is -2.62. The Labute approximate surface area is 143 Å². The van der Waals surface area contributed by atoms with E-state index in [1.807, 2.05) is 6.92 Å². The zero-order valence-electron chi connectivity index (χ0n) is 14.6. The lowest BCUT2D eigenvalue weighted by Gasteiger charge is -2.59. The molecule has 132 valence electrons. The van der Waals surface area contributed by atoms with Gasteiger partial charge in [0, 0.05) is 6.42 Å². The first-order valence-corrected chi connectivity index (χ1v) is 9.27. The van der Waals surface area contributed by atoms with Crippen molar-refractivity contribution in [2.24, 2.45) is 34.4 Å². The number of carbonyl (C=O) groups is 2. The summed E-state index contributed by atoms with van der Waals surface area (Å²) in [5.74, 6) is 6.27. The van der Waals surface area contributed by atoms with Crippen molar-refractivity contribution >= 4 is 11.8 Å². The van der Waals surface area contributed by atoms with Gasteiger partial charge in [-0.15, -0.1) is 0 Å². The summed E-state index contributed by atoms with van der Waals surface area (Å²) in [6.45, 7) is 4.35. The third-order valence-corrected chi connectivity index (χ3v) is 7.84. The van der Waals surface area contributed by atoms with Gasteiger partial charge < -0.3 is 5.11 Å². The molecule has 1 saturated heterocycles. The predicted molar refractivity (Wildman–Crippen MR) is 89.1 cm³/mol. The average molecular weight is 332 g/mol. The van der Waals surface area contributed by atoms with Crippen LogP contribution in [0.1, 0.15) is 58.8 Å². The van der Waals surface area contributed by atoms with Gasteiger partial charge in [-0.2, -0.15) is 0 Å². The zero-order chi connectivity index (χ0) is 17.3. The number of nitrogens with two attached hydrogens (primary N) is 1. The number of aliphatic hydroxyl groups excluding tert-OH is 1. The first-order valence-electron chi connectivity index (χ1n) is 9.27. The minimum absolute atomic E-state index is 0.0949. The summed E-state index contributed by atoms with van der Waals surface area (Å²) in [7, 11) is 0. The molecule has 4 rings (SSSR count). The largest absolute Gasteiger partial charge is 0.393 e. The molecule has 1 aliphatic heterocycles. The number of hydrogen-bond donors (Lipinski definition) is 2. The average Bonchev–Trinajstić information content (AvgIpc) is 2.55. The van der Waals surface area contributed by atoms with Crippen LogP contribution in [-0.2, 0) is 9.59 Å². The number of aliphatic hydroxyl groups is 1. The molecule has 4 aliphatic rings. The van der Waals surface area contributed by atoms with Crippen LogP contribution in [0.4, 0.5) is 0 Å². The van der Waals surface area contributed by atoms with Crippen molar-refractivity contribution in [2.75, 3.05) is 0 Å². The van der Waals surface area contributed by atoms with Gasteiger partial charge in [-0.3, -0.25) is 9.59 Å². The van der Waals surface area contributed by atoms with Crippen LogP contribution in [0, 0.1) is 28.6 Å². The maximum absolute atomic E-state index is 12.7. The third kappa shape index (κ3) is 2.00. The van der Waals surface area contributed by atoms with Crippen molar-refractivity contribution in [1.82, 2.24) is 5.01 Å². The van der Waals surface area contributed by atoms with E-state index in [1.165, 1.54) is 5.57 Å². The van der Waals surface area contributed by atoms with E-state index in [1.54, 1.807) is 0 Å². The second kappa shape index (κ2) is 5.15. The molecule has 24 heavy (non-hydrogen) atoms. The van der Waals surface area contributed by atoms with Gasteiger partial charge in [-0.1, -0.05) is 25.5 Å². The van der Waals surface area contributed by atoms with Gasteiger partial charge >= 0.3 is 0 Å². The Kier molecular flexibility index (Phi) is 3.49. The Balaban J connectivity index is 1.71. The van der Waals surface area contributed by atoms with E-state index >= 15 is 0 Å². The standard InChI is InChI=1S/C19H28N2O3/c1-18-7-5-12(22)9-11(18)3-4-13-14(18)6-8-19(2)15(13)10-16(23)21(20)17(19)24/h3,12-15,22H,4-10,20H2,1-2H3/t12-,13-,14+,15-,18+,19-/m1/s1. The van der Waals surface area contributed by atoms with E-state index < -0.39 is 5.41 Å². The molecule has 0 aromatic heterocycles. The van der Waals surface area contributed by atoms with Crippen molar-refractivity contribution in [2.45, 2.75) is 64.9 Å². The number of nitrogens with zero attached hydrogens (tertiary/aromatic N) is 1. The van der Waals surface area contributed by atoms with Crippen LogP contribution in [0.15, 0.2) is 11.6 Å². The molecular weight excluding hydrogens is 304 g/mol. The monoisotopic (exact) mass is 332 g/mol. The molecule has 0 aromatic rings. The van der Waals surface area contributed by atoms with E-state index in [0.717, 1.165) is 43.5 Å². The van der Waals surface area contributed by atoms with Crippen molar-refractivity contribution in [3.8, 4) is 0 Å². The van der Waals surface area contributed by atoms with Crippen LogP contribution in [0.5, 0.6) is 0 Å². The predicted octanol–water partition coefficient (Wildman–Crippen LogP) is 2.15. The zero-order valence-corrected chi connectivity index (χ0v) is 14.6. The van der Waals surface area contributed by atoms with Gasteiger partial charge in [0.15, 0.2) is 0 Å². The second-order valence-electron chi connectivity index (χ2n) is 8.89. The lowest BCUT2D eigenvalue weighted by atomic mass is 9.46. The number of rotatable bonds is 0. The smallest absolute Gasteiger partial charge is 0.249 e. The van der Waals surface area contributed by atoms with E-state index in [2.05, 4.69) is 13.0 Å². The second-order valence-corrected chi connectivity index (χ2v) is 8.89. The van der Waals surface area contributed by atoms with E-state index in [-0.39, 0.29) is 29.3 Å². The fourth-order valence-electron chi connectivity index (χ4n) is 6.28. The van der Waals surface area contributed by atoms with Crippen LogP contribution >= 0.6 is 0 Å². The lowest BCUT2D eigenvalue weighted by molar-refractivity contribution is -0.171. The first-order chi connectivity index (χ1) is 11.3. The van der Waals surface area contributed by atoms with Crippen LogP contribution < -0.4 is 5.84 Å². The van der Waals surface area contributed by atoms with Crippen LogP contribution in [-0.4, -0.2) is 28.0 Å². The molecule has 6 atom stereocenters. The number of hydrogen-bond acceptors (Lipinski definition) is 4. The maximum Gasteiger partial charge on any atom is 0.249 e. The number of carbonyl (C=O) groups excluding carboxylic acids is 2. The summed E-state index contributed by atoms with van der Waals surface area (Å²) >= 11 is 0. The number of allylic oxidation sites excluding steroid dienone is 1. The summed E-state index contributed by atoms with van der Waals surface area (Å²) in [6.07, 6.45) is 7.88. The number of piperidine rings is 1. The molecule has 0 spiro atoms. The van der Waals surface area contributed by atoms with Crippen molar-refractivity contribution < 1.29 is 14.7 Å². The molecule has 1 heterocycles. The SMILES string of the molecule is C[C@@]12CC[C@H]3[C@@H](CC=C4C[C@H](O)CC[C@@]43C)[C@H]1CC(=O)N(N)C2=O. The molecule has 2 amide bonds. The first kappa shape index (κ1) is 16.3. The molecular formula is C19H28N2O3. The fourth-order valence-corrected chi connectivity index (χ4v) is 6.28. The number of amides is 2. The summed E-state index contributed by atoms with van der Waals surface area (Å²) in [4.78, 5) is 24.9. The molecule has 5 heteroatoms. The van der Waals surface area contributed by atoms with Crippen molar-refractivity contribution in [3.05, 3.63) is 11.6 Å². The Bertz CT molecular complexity index is 630. The van der Waals surface area contributed by atoms with Gasteiger partial charge in [0.2, 0.25) is 11.8 Å². The topological polar surface area (TPSA) is 83.6 Å². The third-order valence-electron chi connectivity index (χ3n) is 7.84. The number of imide groups is 1. The van der Waals surface area contributed by atoms with Crippen molar-refractivity contribution in [3.63, 3.8) is 0 Å². The number of hydrazine groups is 1. The summed E-state index contributed by atoms with van der Waals surface area (Å²) in [5, 5.41) is 10.9. The minimum Gasteiger partial charge on any atom is -0.393 e. The minimum atomic E-state index is -0.500. The summed E-state index contributed by atoms with van der Waals surface area (Å²) in [5.41, 5.74) is 1.02. The Morgan fingerprint density at radius 2 is 1.83 bits per heavy atom. The Morgan fingerprint density at radius 3 is 2.58 bits per heavy atom. The van der Waals surface area contributed by atoms with Gasteiger partial charge in [0.05, 0.1) is 11.5 Å². The molecule has 3 aliphatic carbocycles. The normalized spacial score (nSPS) is 48.3. The number of fused-ring (bicyclic) bond motifs is 5. The highest BCUT2D eigenvalue weighted by molar-refractivity contribution is 6.00. The molecule has 0 aromatic carbocycles. The van der Waals surface area contributed by atoms with Crippen molar-refractivity contribution in [1.29, 1.82) is 0 Å². The van der Waals surface area contributed by atoms with Gasteiger partial charge in [0.1, 0.15) is 0 Å². The van der Waals surface area contributed by atoms with Crippen LogP contribution in [0.2, 0.25) is 0 Å². The van der Waals surface area contributed by atoms with Gasteiger partial charge in [-0.05, 0) is 61.7 Å². The van der Waals surface area contributed by atoms with Crippen LogP contribution in [0.3, 0.4) is 0 Å². The van der Waals surface area contributed by atoms with E-state index in [4.69, 9.17) is 5.84 Å². The van der Waals surface area contributed by atoms with Crippen LogP contribution in [0.25, 0.3) is 0 Å².